The van der Waals surface area contributed by atoms with Gasteiger partial charge in [0.05, 0.1) is 0 Å². The highest BCUT2D eigenvalue weighted by molar-refractivity contribution is 7.99. The molecule has 0 heterocycles. The molecule has 0 aromatic carbocycles. The van der Waals surface area contributed by atoms with Gasteiger partial charge in [-0.1, -0.05) is 0 Å². The average Bonchev–Trinajstić information content (AvgIpc) is 2.04. The van der Waals surface area contributed by atoms with Crippen molar-refractivity contribution in [3.05, 3.63) is 0 Å². The molecular weight excluding hydrogens is 188 g/mol. The molecule has 0 aliphatic carbocycles. The number of rotatable bonds is 7. The first kappa shape index (κ1) is 12.5. The van der Waals surface area contributed by atoms with Crippen molar-refractivity contribution in [1.29, 1.82) is 0 Å². The summed E-state index contributed by atoms with van der Waals surface area (Å²) in [6.45, 7) is 4.79. The Labute approximate surface area is 80.8 Å². The van der Waals surface area contributed by atoms with Crippen LogP contribution in [0, 0.1) is 0 Å². The molecule has 1 N–H and O–H groups in total. The van der Waals surface area contributed by atoms with Crippen LogP contribution < -0.4 is 0 Å². The Kier molecular flexibility index (Phi) is 7.23. The number of hydrogen-bond acceptors (Lipinski definition) is 3. The molecule has 0 aliphatic rings. The molecule has 0 amide bonds. The summed E-state index contributed by atoms with van der Waals surface area (Å²) < 4.78 is 5.42. The summed E-state index contributed by atoms with van der Waals surface area (Å²) >= 11 is 1.91. The van der Waals surface area contributed by atoms with Gasteiger partial charge < -0.3 is 9.53 Å². The van der Waals surface area contributed by atoms with E-state index in [0.29, 0.717) is 6.61 Å². The standard InChI is InChI=1S/C8H20O2SSi/c1-10-12(2,3)8-7-11-6-4-5-9/h9H,4-8H2,1-3H3. The maximum absolute atomic E-state index is 8.54. The highest BCUT2D eigenvalue weighted by Crippen LogP contribution is 2.14. The van der Waals surface area contributed by atoms with Gasteiger partial charge in [0, 0.05) is 13.7 Å². The van der Waals surface area contributed by atoms with E-state index in [1.165, 1.54) is 11.8 Å². The van der Waals surface area contributed by atoms with E-state index in [4.69, 9.17) is 9.53 Å². The highest BCUT2D eigenvalue weighted by atomic mass is 32.2. The lowest BCUT2D eigenvalue weighted by molar-refractivity contribution is 0.296. The highest BCUT2D eigenvalue weighted by Gasteiger charge is 2.19. The topological polar surface area (TPSA) is 29.5 Å². The van der Waals surface area contributed by atoms with Crippen LogP contribution in [-0.4, -0.2) is 38.6 Å². The second kappa shape index (κ2) is 6.94. The SMILES string of the molecule is CO[Si](C)(C)CCSCCCO. The van der Waals surface area contributed by atoms with Gasteiger partial charge in [0.2, 0.25) is 0 Å². The molecule has 0 fully saturated rings. The minimum Gasteiger partial charge on any atom is -0.420 e. The van der Waals surface area contributed by atoms with Gasteiger partial charge in [0.15, 0.2) is 8.32 Å². The lowest BCUT2D eigenvalue weighted by Gasteiger charge is -2.19. The number of aliphatic hydroxyl groups excluding tert-OH is 1. The Bertz CT molecular complexity index is 109. The van der Waals surface area contributed by atoms with Crippen molar-refractivity contribution in [2.45, 2.75) is 25.6 Å². The minimum atomic E-state index is -1.32. The summed E-state index contributed by atoms with van der Waals surface area (Å²) in [6, 6.07) is 1.21. The lowest BCUT2D eigenvalue weighted by atomic mass is 10.5. The predicted octanol–water partition coefficient (Wildman–Crippen LogP) is 1.95. The van der Waals surface area contributed by atoms with E-state index in [9.17, 15) is 0 Å². The number of aliphatic hydroxyl groups is 1. The predicted molar refractivity (Wildman–Crippen MR) is 58.3 cm³/mol. The molecular formula is C8H20O2SSi. The summed E-state index contributed by atoms with van der Waals surface area (Å²) in [5, 5.41) is 8.54. The van der Waals surface area contributed by atoms with Crippen LogP contribution in [0.3, 0.4) is 0 Å². The minimum absolute atomic E-state index is 0.318. The molecule has 0 aromatic heterocycles. The number of hydrogen-bond donors (Lipinski definition) is 1. The summed E-state index contributed by atoms with van der Waals surface area (Å²) in [4.78, 5) is 0. The van der Waals surface area contributed by atoms with Crippen molar-refractivity contribution in [1.82, 2.24) is 0 Å². The van der Waals surface area contributed by atoms with Gasteiger partial charge in [0.1, 0.15) is 0 Å². The van der Waals surface area contributed by atoms with E-state index in [2.05, 4.69) is 13.1 Å². The largest absolute Gasteiger partial charge is 0.420 e. The van der Waals surface area contributed by atoms with Crippen LogP contribution in [0.4, 0.5) is 0 Å². The van der Waals surface area contributed by atoms with E-state index < -0.39 is 8.32 Å². The molecule has 0 aliphatic heterocycles. The maximum Gasteiger partial charge on any atom is 0.187 e. The molecule has 0 spiro atoms. The second-order valence-corrected chi connectivity index (χ2v) is 9.06. The molecule has 0 bridgehead atoms. The quantitative estimate of drug-likeness (QED) is 0.512. The first-order chi connectivity index (χ1) is 5.62. The molecule has 4 heteroatoms. The Balaban J connectivity index is 3.19. The zero-order valence-corrected chi connectivity index (χ0v) is 10.1. The van der Waals surface area contributed by atoms with Crippen LogP contribution in [0.2, 0.25) is 19.1 Å². The molecule has 0 atom stereocenters. The molecule has 0 aromatic rings. The van der Waals surface area contributed by atoms with E-state index >= 15 is 0 Å². The summed E-state index contributed by atoms with van der Waals surface area (Å²) in [5.41, 5.74) is 0. The van der Waals surface area contributed by atoms with Crippen molar-refractivity contribution < 1.29 is 9.53 Å². The number of thioether (sulfide) groups is 1. The Morgan fingerprint density at radius 2 is 2.00 bits per heavy atom. The first-order valence-electron chi connectivity index (χ1n) is 4.36. The van der Waals surface area contributed by atoms with Crippen molar-refractivity contribution in [3.8, 4) is 0 Å². The molecule has 0 radical (unpaired) electrons. The average molecular weight is 208 g/mol. The summed E-state index contributed by atoms with van der Waals surface area (Å²) in [5.74, 6) is 2.25. The van der Waals surface area contributed by atoms with Crippen LogP contribution >= 0.6 is 11.8 Å². The Hall–Kier alpha value is 0.487. The van der Waals surface area contributed by atoms with Crippen molar-refractivity contribution in [3.63, 3.8) is 0 Å². The fourth-order valence-corrected chi connectivity index (χ4v) is 3.97. The van der Waals surface area contributed by atoms with Gasteiger partial charge in [-0.3, -0.25) is 0 Å². The Morgan fingerprint density at radius 3 is 2.50 bits per heavy atom. The van der Waals surface area contributed by atoms with E-state index in [0.717, 1.165) is 12.2 Å². The molecule has 74 valence electrons. The third kappa shape index (κ3) is 7.15. The fraction of sp³-hybridized carbons (Fsp3) is 1.00. The van der Waals surface area contributed by atoms with Crippen LogP contribution in [0.15, 0.2) is 0 Å². The zero-order valence-electron chi connectivity index (χ0n) is 8.30. The van der Waals surface area contributed by atoms with Gasteiger partial charge in [0.25, 0.3) is 0 Å². The van der Waals surface area contributed by atoms with E-state index in [-0.39, 0.29) is 0 Å². The van der Waals surface area contributed by atoms with Gasteiger partial charge in [-0.25, -0.2) is 0 Å². The van der Waals surface area contributed by atoms with Gasteiger partial charge in [-0.15, -0.1) is 0 Å². The van der Waals surface area contributed by atoms with Gasteiger partial charge >= 0.3 is 0 Å². The molecule has 0 rings (SSSR count). The van der Waals surface area contributed by atoms with Crippen molar-refractivity contribution >= 4 is 20.1 Å². The van der Waals surface area contributed by atoms with Crippen LogP contribution in [-0.2, 0) is 4.43 Å². The smallest absolute Gasteiger partial charge is 0.187 e. The normalized spacial score (nSPS) is 12.0. The fourth-order valence-electron chi connectivity index (χ4n) is 0.689. The third-order valence-corrected chi connectivity index (χ3v) is 5.84. The molecule has 12 heavy (non-hydrogen) atoms. The molecule has 0 saturated carbocycles. The van der Waals surface area contributed by atoms with Crippen molar-refractivity contribution in [2.24, 2.45) is 0 Å². The van der Waals surface area contributed by atoms with Crippen LogP contribution in [0.25, 0.3) is 0 Å². The summed E-state index contributed by atoms with van der Waals surface area (Å²) in [6.07, 6.45) is 0.916. The van der Waals surface area contributed by atoms with Gasteiger partial charge in [-0.2, -0.15) is 11.8 Å². The molecule has 0 saturated heterocycles. The zero-order chi connectivity index (χ0) is 9.45. The Morgan fingerprint density at radius 1 is 1.33 bits per heavy atom. The van der Waals surface area contributed by atoms with Gasteiger partial charge in [-0.05, 0) is 37.1 Å². The van der Waals surface area contributed by atoms with E-state index in [1.54, 1.807) is 0 Å². The molecule has 0 unspecified atom stereocenters. The lowest BCUT2D eigenvalue weighted by Crippen LogP contribution is -2.28. The van der Waals surface area contributed by atoms with E-state index in [1.807, 2.05) is 18.9 Å². The maximum atomic E-state index is 8.54. The summed E-state index contributed by atoms with van der Waals surface area (Å²) in [7, 11) is 0.489. The van der Waals surface area contributed by atoms with Crippen LogP contribution in [0.5, 0.6) is 0 Å². The second-order valence-electron chi connectivity index (χ2n) is 3.40. The van der Waals surface area contributed by atoms with Crippen molar-refractivity contribution in [2.75, 3.05) is 25.2 Å². The first-order valence-corrected chi connectivity index (χ1v) is 8.63. The van der Waals surface area contributed by atoms with Crippen LogP contribution in [0.1, 0.15) is 6.42 Å². The third-order valence-electron chi connectivity index (χ3n) is 1.85. The molecule has 2 nitrogen and oxygen atoms in total. The monoisotopic (exact) mass is 208 g/mol.